The number of nitrogens with zero attached hydrogens (tertiary/aromatic N) is 3. The minimum absolute atomic E-state index is 0.514. The van der Waals surface area contributed by atoms with Gasteiger partial charge in [-0.1, -0.05) is 6.92 Å². The molecule has 0 unspecified atom stereocenters. The number of hydrogen-bond acceptors (Lipinski definition) is 3. The van der Waals surface area contributed by atoms with E-state index in [2.05, 4.69) is 21.7 Å². The third-order valence-electron chi connectivity index (χ3n) is 6.01. The van der Waals surface area contributed by atoms with E-state index in [1.165, 1.54) is 37.9 Å². The summed E-state index contributed by atoms with van der Waals surface area (Å²) in [5.41, 5.74) is 5.85. The topological polar surface area (TPSA) is 56.7 Å². The normalized spacial score (nSPS) is 38.6. The Morgan fingerprint density at radius 3 is 2.25 bits per heavy atom. The van der Waals surface area contributed by atoms with Gasteiger partial charge in [-0.2, -0.15) is 0 Å². The van der Waals surface area contributed by atoms with Gasteiger partial charge in [0.05, 0.1) is 6.54 Å². The summed E-state index contributed by atoms with van der Waals surface area (Å²) in [4.78, 5) is 0. The zero-order chi connectivity index (χ0) is 13.7. The van der Waals surface area contributed by atoms with Gasteiger partial charge < -0.3 is 10.3 Å². The van der Waals surface area contributed by atoms with Crippen molar-refractivity contribution < 1.29 is 0 Å². The van der Waals surface area contributed by atoms with Crippen molar-refractivity contribution in [1.29, 1.82) is 0 Å². The predicted molar refractivity (Wildman–Crippen MR) is 78.0 cm³/mol. The van der Waals surface area contributed by atoms with Crippen molar-refractivity contribution in [2.75, 3.05) is 0 Å². The van der Waals surface area contributed by atoms with Crippen LogP contribution in [0.2, 0.25) is 0 Å². The molecule has 1 aromatic heterocycles. The standard InChI is InChI=1S/C16H26N4/c1-2-3-20-14(9-17)18-19-16(20)15-12-5-10-4-11(7-12)8-13(15)6-10/h10-13,15H,2-9,17H2,1H3. The van der Waals surface area contributed by atoms with E-state index in [1.807, 2.05) is 0 Å². The molecule has 2 N–H and O–H groups in total. The Balaban J connectivity index is 1.69. The fourth-order valence-corrected chi connectivity index (χ4v) is 5.56. The molecule has 1 aromatic rings. The minimum Gasteiger partial charge on any atom is -0.324 e. The van der Waals surface area contributed by atoms with Crippen molar-refractivity contribution in [3.05, 3.63) is 11.6 Å². The molecule has 4 bridgehead atoms. The molecular weight excluding hydrogens is 248 g/mol. The molecule has 4 nitrogen and oxygen atoms in total. The van der Waals surface area contributed by atoms with Gasteiger partial charge in [0.1, 0.15) is 11.6 Å². The van der Waals surface area contributed by atoms with E-state index in [0.717, 1.165) is 42.5 Å². The molecule has 0 aromatic carbocycles. The number of rotatable bonds is 4. The fourth-order valence-electron chi connectivity index (χ4n) is 5.56. The Kier molecular flexibility index (Phi) is 3.09. The molecule has 0 amide bonds. The lowest BCUT2D eigenvalue weighted by atomic mass is 9.51. The van der Waals surface area contributed by atoms with E-state index in [0.29, 0.717) is 12.5 Å². The molecule has 4 heteroatoms. The van der Waals surface area contributed by atoms with E-state index < -0.39 is 0 Å². The fraction of sp³-hybridized carbons (Fsp3) is 0.875. The summed E-state index contributed by atoms with van der Waals surface area (Å²) in [6.07, 6.45) is 8.40. The maximum atomic E-state index is 5.85. The first-order valence-corrected chi connectivity index (χ1v) is 8.42. The van der Waals surface area contributed by atoms with Gasteiger partial charge in [0, 0.05) is 12.5 Å². The van der Waals surface area contributed by atoms with Crippen molar-refractivity contribution in [2.45, 2.75) is 64.5 Å². The lowest BCUT2D eigenvalue weighted by molar-refractivity contribution is -0.00694. The third-order valence-corrected chi connectivity index (χ3v) is 6.01. The maximum Gasteiger partial charge on any atom is 0.146 e. The lowest BCUT2D eigenvalue weighted by Gasteiger charge is -2.54. The quantitative estimate of drug-likeness (QED) is 0.918. The van der Waals surface area contributed by atoms with Crippen LogP contribution >= 0.6 is 0 Å². The van der Waals surface area contributed by atoms with Gasteiger partial charge in [0.2, 0.25) is 0 Å². The highest BCUT2D eigenvalue weighted by atomic mass is 15.3. The van der Waals surface area contributed by atoms with Crippen LogP contribution in [0.15, 0.2) is 0 Å². The Bertz CT molecular complexity index is 465. The van der Waals surface area contributed by atoms with Crippen LogP contribution in [0.25, 0.3) is 0 Å². The summed E-state index contributed by atoms with van der Waals surface area (Å²) in [5, 5.41) is 8.96. The van der Waals surface area contributed by atoms with Gasteiger partial charge in [0.15, 0.2) is 0 Å². The van der Waals surface area contributed by atoms with E-state index >= 15 is 0 Å². The predicted octanol–water partition coefficient (Wildman–Crippen LogP) is 2.69. The van der Waals surface area contributed by atoms with Crippen molar-refractivity contribution in [1.82, 2.24) is 14.8 Å². The van der Waals surface area contributed by atoms with Crippen LogP contribution < -0.4 is 5.73 Å². The Labute approximate surface area is 121 Å². The molecule has 4 fully saturated rings. The summed E-state index contributed by atoms with van der Waals surface area (Å²) >= 11 is 0. The molecule has 0 radical (unpaired) electrons. The van der Waals surface area contributed by atoms with Crippen LogP contribution in [0.1, 0.15) is 63.0 Å². The molecule has 4 saturated carbocycles. The number of hydrogen-bond donors (Lipinski definition) is 1. The monoisotopic (exact) mass is 274 g/mol. The summed E-state index contributed by atoms with van der Waals surface area (Å²) in [6, 6.07) is 0. The second-order valence-corrected chi connectivity index (χ2v) is 7.29. The summed E-state index contributed by atoms with van der Waals surface area (Å²) in [5.74, 6) is 6.70. The van der Waals surface area contributed by atoms with Gasteiger partial charge in [0.25, 0.3) is 0 Å². The second-order valence-electron chi connectivity index (χ2n) is 7.29. The van der Waals surface area contributed by atoms with Gasteiger partial charge in [-0.15, -0.1) is 10.2 Å². The van der Waals surface area contributed by atoms with Gasteiger partial charge in [-0.3, -0.25) is 0 Å². The molecule has 5 rings (SSSR count). The van der Waals surface area contributed by atoms with Crippen molar-refractivity contribution in [3.8, 4) is 0 Å². The molecule has 110 valence electrons. The molecule has 0 aliphatic heterocycles. The van der Waals surface area contributed by atoms with Crippen LogP contribution in [-0.4, -0.2) is 14.8 Å². The van der Waals surface area contributed by atoms with E-state index in [1.54, 1.807) is 0 Å². The van der Waals surface area contributed by atoms with Gasteiger partial charge >= 0.3 is 0 Å². The highest BCUT2D eigenvalue weighted by Gasteiger charge is 2.50. The molecule has 4 aliphatic carbocycles. The minimum atomic E-state index is 0.514. The van der Waals surface area contributed by atoms with Crippen LogP contribution in [0.4, 0.5) is 0 Å². The largest absolute Gasteiger partial charge is 0.324 e. The summed E-state index contributed by atoms with van der Waals surface area (Å²) in [7, 11) is 0. The van der Waals surface area contributed by atoms with Crippen LogP contribution in [0.5, 0.6) is 0 Å². The molecule has 4 aliphatic rings. The lowest BCUT2D eigenvalue weighted by Crippen LogP contribution is -2.44. The Morgan fingerprint density at radius 2 is 1.70 bits per heavy atom. The first-order valence-electron chi connectivity index (χ1n) is 8.42. The van der Waals surface area contributed by atoms with E-state index in [-0.39, 0.29) is 0 Å². The Hall–Kier alpha value is -0.900. The van der Waals surface area contributed by atoms with Crippen LogP contribution in [0.3, 0.4) is 0 Å². The number of aromatic nitrogens is 3. The first kappa shape index (κ1) is 12.8. The maximum absolute atomic E-state index is 5.85. The van der Waals surface area contributed by atoms with Crippen molar-refractivity contribution in [2.24, 2.45) is 29.4 Å². The molecule has 1 heterocycles. The van der Waals surface area contributed by atoms with Gasteiger partial charge in [-0.25, -0.2) is 0 Å². The molecule has 0 spiro atoms. The average Bonchev–Trinajstić information content (AvgIpc) is 2.81. The van der Waals surface area contributed by atoms with Crippen LogP contribution in [0, 0.1) is 23.7 Å². The van der Waals surface area contributed by atoms with Crippen molar-refractivity contribution in [3.63, 3.8) is 0 Å². The smallest absolute Gasteiger partial charge is 0.146 e. The van der Waals surface area contributed by atoms with E-state index in [9.17, 15) is 0 Å². The number of nitrogens with two attached hydrogens (primary N) is 1. The Morgan fingerprint density at radius 1 is 1.05 bits per heavy atom. The third kappa shape index (κ3) is 1.84. The highest BCUT2D eigenvalue weighted by Crippen LogP contribution is 2.59. The summed E-state index contributed by atoms with van der Waals surface area (Å²) in [6.45, 7) is 3.76. The zero-order valence-electron chi connectivity index (χ0n) is 12.5. The van der Waals surface area contributed by atoms with E-state index in [4.69, 9.17) is 5.73 Å². The van der Waals surface area contributed by atoms with Gasteiger partial charge in [-0.05, 0) is 62.2 Å². The molecule has 20 heavy (non-hydrogen) atoms. The molecule has 0 atom stereocenters. The molecule has 0 saturated heterocycles. The first-order chi connectivity index (χ1) is 9.80. The second kappa shape index (κ2) is 4.83. The highest BCUT2D eigenvalue weighted by molar-refractivity contribution is 5.13. The SMILES string of the molecule is CCCn1c(CN)nnc1C1C2CC3CC(C2)CC1C3. The van der Waals surface area contributed by atoms with Crippen molar-refractivity contribution >= 4 is 0 Å². The average molecular weight is 274 g/mol. The van der Waals surface area contributed by atoms with Crippen LogP contribution in [-0.2, 0) is 13.1 Å². The zero-order valence-corrected chi connectivity index (χ0v) is 12.5. The molecular formula is C16H26N4. The summed E-state index contributed by atoms with van der Waals surface area (Å²) < 4.78 is 2.34.